The fraction of sp³-hybridized carbons (Fsp3) is 0.250. The van der Waals surface area contributed by atoms with Gasteiger partial charge in [0.25, 0.3) is 11.8 Å². The van der Waals surface area contributed by atoms with E-state index in [1.807, 2.05) is 35.7 Å². The molecule has 2 aromatic carbocycles. The van der Waals surface area contributed by atoms with Crippen molar-refractivity contribution < 1.29 is 14.0 Å². The highest BCUT2D eigenvalue weighted by molar-refractivity contribution is 7.12. The molecule has 0 spiro atoms. The number of rotatable bonds is 6. The normalized spacial score (nSPS) is 14.3. The zero-order valence-electron chi connectivity index (χ0n) is 17.0. The lowest BCUT2D eigenvalue weighted by atomic mass is 10.0. The summed E-state index contributed by atoms with van der Waals surface area (Å²) in [5.74, 6) is -0.528. The van der Waals surface area contributed by atoms with E-state index in [0.29, 0.717) is 11.1 Å². The number of anilines is 1. The Morgan fingerprint density at radius 2 is 1.81 bits per heavy atom. The van der Waals surface area contributed by atoms with Gasteiger partial charge in [0.2, 0.25) is 0 Å². The number of benzene rings is 2. The molecule has 1 aromatic heterocycles. The monoisotopic (exact) mass is 437 g/mol. The minimum Gasteiger partial charge on any atom is -0.371 e. The number of amides is 2. The molecule has 0 radical (unpaired) electrons. The molecule has 1 fully saturated rings. The predicted molar refractivity (Wildman–Crippen MR) is 121 cm³/mol. The zero-order valence-corrected chi connectivity index (χ0v) is 17.8. The maximum Gasteiger partial charge on any atom is 0.261 e. The van der Waals surface area contributed by atoms with Gasteiger partial charge in [0.15, 0.2) is 0 Å². The molecule has 0 bridgehead atoms. The van der Waals surface area contributed by atoms with Gasteiger partial charge in [0, 0.05) is 31.4 Å². The lowest BCUT2D eigenvalue weighted by Gasteiger charge is -2.34. The van der Waals surface area contributed by atoms with E-state index in [1.165, 1.54) is 23.5 Å². The molecule has 2 heterocycles. The number of piperidine rings is 1. The van der Waals surface area contributed by atoms with E-state index in [2.05, 4.69) is 15.5 Å². The standard InChI is InChI=1S/C24H24FN3O2S/c25-18-6-3-5-17(15-18)16-26-23(29)20-7-1-2-8-21(20)28-12-10-19(11-13-28)27-24(30)22-9-4-14-31-22/h1-9,14-15,19H,10-13,16H2,(H,26,29)(H,27,30). The summed E-state index contributed by atoms with van der Waals surface area (Å²) in [4.78, 5) is 28.0. The van der Waals surface area contributed by atoms with Crippen molar-refractivity contribution in [2.24, 2.45) is 0 Å². The Kier molecular flexibility index (Phi) is 6.62. The smallest absolute Gasteiger partial charge is 0.261 e. The summed E-state index contributed by atoms with van der Waals surface area (Å²) in [5, 5.41) is 7.89. The van der Waals surface area contributed by atoms with E-state index in [0.717, 1.165) is 36.5 Å². The van der Waals surface area contributed by atoms with Crippen molar-refractivity contribution in [2.75, 3.05) is 18.0 Å². The van der Waals surface area contributed by atoms with Crippen LogP contribution in [0.15, 0.2) is 66.0 Å². The number of para-hydroxylation sites is 1. The average molecular weight is 438 g/mol. The second-order valence-electron chi connectivity index (χ2n) is 7.54. The molecule has 1 aliphatic heterocycles. The Morgan fingerprint density at radius 1 is 1.00 bits per heavy atom. The topological polar surface area (TPSA) is 61.4 Å². The van der Waals surface area contributed by atoms with Gasteiger partial charge in [-0.25, -0.2) is 4.39 Å². The fourth-order valence-electron chi connectivity index (χ4n) is 3.79. The zero-order chi connectivity index (χ0) is 21.6. The van der Waals surface area contributed by atoms with Crippen molar-refractivity contribution in [3.05, 3.63) is 87.9 Å². The molecule has 5 nitrogen and oxygen atoms in total. The lowest BCUT2D eigenvalue weighted by Crippen LogP contribution is -2.45. The van der Waals surface area contributed by atoms with Crippen LogP contribution in [0, 0.1) is 5.82 Å². The van der Waals surface area contributed by atoms with Gasteiger partial charge in [-0.3, -0.25) is 9.59 Å². The molecular weight excluding hydrogens is 413 g/mol. The van der Waals surface area contributed by atoms with Gasteiger partial charge < -0.3 is 15.5 Å². The van der Waals surface area contributed by atoms with Crippen molar-refractivity contribution in [1.82, 2.24) is 10.6 Å². The minimum atomic E-state index is -0.318. The second kappa shape index (κ2) is 9.75. The SMILES string of the molecule is O=C(NC1CCN(c2ccccc2C(=O)NCc2cccc(F)c2)CC1)c1cccs1. The molecule has 0 aliphatic carbocycles. The summed E-state index contributed by atoms with van der Waals surface area (Å²) < 4.78 is 13.4. The number of nitrogens with one attached hydrogen (secondary N) is 2. The fourth-order valence-corrected chi connectivity index (χ4v) is 4.42. The van der Waals surface area contributed by atoms with Crippen LogP contribution in [-0.4, -0.2) is 30.9 Å². The summed E-state index contributed by atoms with van der Waals surface area (Å²) >= 11 is 1.44. The third-order valence-electron chi connectivity index (χ3n) is 5.41. The van der Waals surface area contributed by atoms with E-state index in [-0.39, 0.29) is 30.2 Å². The molecule has 1 saturated heterocycles. The maximum absolute atomic E-state index is 13.4. The van der Waals surface area contributed by atoms with E-state index in [9.17, 15) is 14.0 Å². The number of carbonyl (C=O) groups excluding carboxylic acids is 2. The van der Waals surface area contributed by atoms with Crippen molar-refractivity contribution in [3.63, 3.8) is 0 Å². The molecular formula is C24H24FN3O2S. The summed E-state index contributed by atoms with van der Waals surface area (Å²) in [6.45, 7) is 1.77. The van der Waals surface area contributed by atoms with Crippen LogP contribution in [0.2, 0.25) is 0 Å². The number of hydrogen-bond donors (Lipinski definition) is 2. The van der Waals surface area contributed by atoms with Crippen LogP contribution >= 0.6 is 11.3 Å². The first-order valence-corrected chi connectivity index (χ1v) is 11.2. The van der Waals surface area contributed by atoms with Gasteiger partial charge in [0.05, 0.1) is 10.4 Å². The number of carbonyl (C=O) groups is 2. The summed E-state index contributed by atoms with van der Waals surface area (Å²) in [6.07, 6.45) is 1.63. The van der Waals surface area contributed by atoms with Gasteiger partial charge in [-0.1, -0.05) is 30.3 Å². The largest absolute Gasteiger partial charge is 0.371 e. The minimum absolute atomic E-state index is 0.0226. The first kappa shape index (κ1) is 21.1. The predicted octanol–water partition coefficient (Wildman–Crippen LogP) is 4.22. The molecule has 0 saturated carbocycles. The average Bonchev–Trinajstić information content (AvgIpc) is 3.33. The third kappa shape index (κ3) is 5.30. The van der Waals surface area contributed by atoms with Crippen molar-refractivity contribution in [3.8, 4) is 0 Å². The highest BCUT2D eigenvalue weighted by Gasteiger charge is 2.24. The van der Waals surface area contributed by atoms with E-state index in [4.69, 9.17) is 0 Å². The van der Waals surface area contributed by atoms with Crippen LogP contribution < -0.4 is 15.5 Å². The second-order valence-corrected chi connectivity index (χ2v) is 8.49. The van der Waals surface area contributed by atoms with Gasteiger partial charge in [-0.05, 0) is 54.1 Å². The lowest BCUT2D eigenvalue weighted by molar-refractivity contribution is 0.0933. The van der Waals surface area contributed by atoms with Gasteiger partial charge >= 0.3 is 0 Å². The number of thiophene rings is 1. The third-order valence-corrected chi connectivity index (χ3v) is 6.28. The van der Waals surface area contributed by atoms with Crippen LogP contribution in [-0.2, 0) is 6.54 Å². The molecule has 0 atom stereocenters. The molecule has 2 amide bonds. The van der Waals surface area contributed by atoms with Crippen LogP contribution in [0.3, 0.4) is 0 Å². The summed E-state index contributed by atoms with van der Waals surface area (Å²) in [7, 11) is 0. The molecule has 4 rings (SSSR count). The number of hydrogen-bond acceptors (Lipinski definition) is 4. The molecule has 0 unspecified atom stereocenters. The first-order valence-electron chi connectivity index (χ1n) is 10.3. The Morgan fingerprint density at radius 3 is 2.55 bits per heavy atom. The number of nitrogens with zero attached hydrogens (tertiary/aromatic N) is 1. The van der Waals surface area contributed by atoms with Gasteiger partial charge in [0.1, 0.15) is 5.82 Å². The van der Waals surface area contributed by atoms with Crippen LogP contribution in [0.5, 0.6) is 0 Å². The van der Waals surface area contributed by atoms with Crippen molar-refractivity contribution in [2.45, 2.75) is 25.4 Å². The Bertz CT molecular complexity index is 1050. The van der Waals surface area contributed by atoms with Crippen molar-refractivity contribution >= 4 is 28.8 Å². The van der Waals surface area contributed by atoms with Crippen molar-refractivity contribution in [1.29, 1.82) is 0 Å². The summed E-state index contributed by atoms with van der Waals surface area (Å²) in [5.41, 5.74) is 2.19. The van der Waals surface area contributed by atoms with Gasteiger partial charge in [-0.15, -0.1) is 11.3 Å². The highest BCUT2D eigenvalue weighted by Crippen LogP contribution is 2.25. The van der Waals surface area contributed by atoms with Crippen LogP contribution in [0.1, 0.15) is 38.4 Å². The van der Waals surface area contributed by atoms with E-state index >= 15 is 0 Å². The molecule has 2 N–H and O–H groups in total. The highest BCUT2D eigenvalue weighted by atomic mass is 32.1. The molecule has 1 aliphatic rings. The Hall–Kier alpha value is -3.19. The van der Waals surface area contributed by atoms with E-state index in [1.54, 1.807) is 18.2 Å². The summed E-state index contributed by atoms with van der Waals surface area (Å²) in [6, 6.07) is 17.6. The quantitative estimate of drug-likeness (QED) is 0.607. The molecule has 160 valence electrons. The Balaban J connectivity index is 1.36. The number of halogens is 1. The first-order chi connectivity index (χ1) is 15.1. The van der Waals surface area contributed by atoms with Gasteiger partial charge in [-0.2, -0.15) is 0 Å². The van der Waals surface area contributed by atoms with E-state index < -0.39 is 0 Å². The molecule has 31 heavy (non-hydrogen) atoms. The van der Waals surface area contributed by atoms with Crippen LogP contribution in [0.25, 0.3) is 0 Å². The van der Waals surface area contributed by atoms with Crippen LogP contribution in [0.4, 0.5) is 10.1 Å². The Labute approximate surface area is 184 Å². The molecule has 3 aromatic rings. The molecule has 7 heteroatoms. The maximum atomic E-state index is 13.4.